The van der Waals surface area contributed by atoms with Crippen molar-refractivity contribution in [3.63, 3.8) is 0 Å². The van der Waals surface area contributed by atoms with Gasteiger partial charge in [0.25, 0.3) is 0 Å². The average Bonchev–Trinajstić information content (AvgIpc) is 2.82. The van der Waals surface area contributed by atoms with E-state index in [1.165, 1.54) is 38.5 Å². The maximum absolute atomic E-state index is 12.1. The Kier molecular flexibility index (Phi) is 4.68. The molecule has 0 aromatic rings. The molecule has 2 aliphatic rings. The van der Waals surface area contributed by atoms with Gasteiger partial charge in [0.1, 0.15) is 0 Å². The molecule has 1 amide bonds. The molecule has 0 aromatic carbocycles. The van der Waals surface area contributed by atoms with Gasteiger partial charge in [-0.3, -0.25) is 4.79 Å². The Bertz CT molecular complexity index is 238. The fourth-order valence-electron chi connectivity index (χ4n) is 3.01. The third-order valence-corrected chi connectivity index (χ3v) is 4.94. The van der Waals surface area contributed by atoms with Crippen molar-refractivity contribution in [2.75, 3.05) is 18.4 Å². The third-order valence-electron chi connectivity index (χ3n) is 4.03. The van der Waals surface area contributed by atoms with Crippen LogP contribution in [0.15, 0.2) is 0 Å². The zero-order valence-electron chi connectivity index (χ0n) is 9.96. The lowest BCUT2D eigenvalue weighted by atomic mass is 9.98. The summed E-state index contributed by atoms with van der Waals surface area (Å²) in [6.45, 7) is 1.98. The summed E-state index contributed by atoms with van der Waals surface area (Å²) in [5, 5.41) is 1.04. The lowest BCUT2D eigenvalue weighted by molar-refractivity contribution is -0.133. The highest BCUT2D eigenvalue weighted by Gasteiger charge is 2.25. The molecule has 0 bridgehead atoms. The van der Waals surface area contributed by atoms with Crippen LogP contribution in [0, 0.1) is 11.8 Å². The zero-order valence-corrected chi connectivity index (χ0v) is 11.5. The molecule has 3 heteroatoms. The number of nitrogens with zero attached hydrogens (tertiary/aromatic N) is 1. The maximum Gasteiger partial charge on any atom is 0.222 e. The Balaban J connectivity index is 1.79. The first-order valence-corrected chi connectivity index (χ1v) is 7.75. The van der Waals surface area contributed by atoms with Gasteiger partial charge < -0.3 is 4.90 Å². The Labute approximate surface area is 107 Å². The molecule has 1 heterocycles. The number of amides is 1. The zero-order chi connectivity index (χ0) is 11.4. The predicted molar refractivity (Wildman–Crippen MR) is 69.7 cm³/mol. The summed E-state index contributed by atoms with van der Waals surface area (Å²) in [5.74, 6) is 1.79. The highest BCUT2D eigenvalue weighted by atomic mass is 79.9. The first-order valence-electron chi connectivity index (χ1n) is 6.63. The summed E-state index contributed by atoms with van der Waals surface area (Å²) < 4.78 is 0. The van der Waals surface area contributed by atoms with Gasteiger partial charge in [-0.05, 0) is 37.5 Å². The molecule has 0 aromatic heterocycles. The average molecular weight is 288 g/mol. The van der Waals surface area contributed by atoms with Crippen molar-refractivity contribution in [1.29, 1.82) is 0 Å². The van der Waals surface area contributed by atoms with Crippen LogP contribution in [-0.4, -0.2) is 29.2 Å². The molecule has 0 spiro atoms. The van der Waals surface area contributed by atoms with E-state index in [9.17, 15) is 4.79 Å². The Morgan fingerprint density at radius 2 is 1.81 bits per heavy atom. The van der Waals surface area contributed by atoms with E-state index in [0.29, 0.717) is 17.7 Å². The van der Waals surface area contributed by atoms with Crippen molar-refractivity contribution < 1.29 is 4.79 Å². The van der Waals surface area contributed by atoms with Crippen LogP contribution in [0.25, 0.3) is 0 Å². The second-order valence-electron chi connectivity index (χ2n) is 5.36. The van der Waals surface area contributed by atoms with Crippen LogP contribution in [0.1, 0.15) is 44.9 Å². The van der Waals surface area contributed by atoms with Crippen molar-refractivity contribution >= 4 is 21.8 Å². The minimum absolute atomic E-state index is 0.414. The molecular formula is C13H22BrNO. The Hall–Kier alpha value is -0.0500. The molecule has 2 rings (SSSR count). The first kappa shape index (κ1) is 12.4. The molecule has 0 N–H and O–H groups in total. The van der Waals surface area contributed by atoms with Crippen molar-refractivity contribution in [2.24, 2.45) is 11.8 Å². The summed E-state index contributed by atoms with van der Waals surface area (Å²) in [5.41, 5.74) is 0. The molecule has 1 saturated carbocycles. The molecule has 92 valence electrons. The smallest absolute Gasteiger partial charge is 0.222 e. The second-order valence-corrected chi connectivity index (χ2v) is 6.00. The summed E-state index contributed by atoms with van der Waals surface area (Å²) in [6, 6.07) is 0. The highest BCUT2D eigenvalue weighted by molar-refractivity contribution is 9.09. The number of hydrogen-bond acceptors (Lipinski definition) is 1. The van der Waals surface area contributed by atoms with Crippen LogP contribution >= 0.6 is 15.9 Å². The lowest BCUT2D eigenvalue weighted by Gasteiger charge is -2.32. The number of piperidine rings is 1. The summed E-state index contributed by atoms with van der Waals surface area (Å²) in [4.78, 5) is 14.2. The topological polar surface area (TPSA) is 20.3 Å². The van der Waals surface area contributed by atoms with Gasteiger partial charge in [0.2, 0.25) is 5.91 Å². The number of carbonyl (C=O) groups is 1. The largest absolute Gasteiger partial charge is 0.342 e. The standard InChI is InChI=1S/C13H22BrNO/c14-9-12-6-3-7-15(10-12)13(16)8-11-4-1-2-5-11/h11-12H,1-10H2. The van der Waals surface area contributed by atoms with E-state index in [4.69, 9.17) is 0 Å². The van der Waals surface area contributed by atoms with Crippen LogP contribution < -0.4 is 0 Å². The van der Waals surface area contributed by atoms with Crippen molar-refractivity contribution in [2.45, 2.75) is 44.9 Å². The second kappa shape index (κ2) is 6.04. The van der Waals surface area contributed by atoms with Gasteiger partial charge in [-0.1, -0.05) is 28.8 Å². The van der Waals surface area contributed by atoms with Gasteiger partial charge in [-0.25, -0.2) is 0 Å². The van der Waals surface area contributed by atoms with Crippen LogP contribution in [0.2, 0.25) is 0 Å². The number of rotatable bonds is 3. The molecule has 1 aliphatic heterocycles. The van der Waals surface area contributed by atoms with E-state index < -0.39 is 0 Å². The quantitative estimate of drug-likeness (QED) is 0.730. The van der Waals surface area contributed by atoms with Crippen LogP contribution in [0.5, 0.6) is 0 Å². The minimum Gasteiger partial charge on any atom is -0.342 e. The van der Waals surface area contributed by atoms with Gasteiger partial charge in [0, 0.05) is 24.8 Å². The molecule has 2 nitrogen and oxygen atoms in total. The van der Waals surface area contributed by atoms with E-state index in [0.717, 1.165) is 24.8 Å². The van der Waals surface area contributed by atoms with Crippen LogP contribution in [-0.2, 0) is 4.79 Å². The molecule has 16 heavy (non-hydrogen) atoms. The molecule has 2 fully saturated rings. The molecular weight excluding hydrogens is 266 g/mol. The first-order chi connectivity index (χ1) is 7.79. The maximum atomic E-state index is 12.1. The summed E-state index contributed by atoms with van der Waals surface area (Å²) in [7, 11) is 0. The van der Waals surface area contributed by atoms with E-state index in [1.54, 1.807) is 0 Å². The van der Waals surface area contributed by atoms with E-state index >= 15 is 0 Å². The number of carbonyl (C=O) groups excluding carboxylic acids is 1. The summed E-state index contributed by atoms with van der Waals surface area (Å²) in [6.07, 6.45) is 8.51. The number of alkyl halides is 1. The van der Waals surface area contributed by atoms with Crippen molar-refractivity contribution in [3.8, 4) is 0 Å². The van der Waals surface area contributed by atoms with E-state index in [1.807, 2.05) is 0 Å². The van der Waals surface area contributed by atoms with Crippen LogP contribution in [0.3, 0.4) is 0 Å². The van der Waals surface area contributed by atoms with Gasteiger partial charge >= 0.3 is 0 Å². The Morgan fingerprint density at radius 1 is 1.12 bits per heavy atom. The lowest BCUT2D eigenvalue weighted by Crippen LogP contribution is -2.40. The molecule has 1 saturated heterocycles. The third kappa shape index (κ3) is 3.22. The fourth-order valence-corrected chi connectivity index (χ4v) is 3.54. The van der Waals surface area contributed by atoms with E-state index in [2.05, 4.69) is 20.8 Å². The van der Waals surface area contributed by atoms with Crippen molar-refractivity contribution in [1.82, 2.24) is 4.90 Å². The molecule has 0 radical (unpaired) electrons. The van der Waals surface area contributed by atoms with Gasteiger partial charge in [-0.15, -0.1) is 0 Å². The van der Waals surface area contributed by atoms with Gasteiger partial charge in [-0.2, -0.15) is 0 Å². The van der Waals surface area contributed by atoms with Crippen LogP contribution in [0.4, 0.5) is 0 Å². The molecule has 1 unspecified atom stereocenters. The summed E-state index contributed by atoms with van der Waals surface area (Å²) >= 11 is 3.54. The predicted octanol–water partition coefficient (Wildman–Crippen LogP) is 3.20. The van der Waals surface area contributed by atoms with Crippen molar-refractivity contribution in [3.05, 3.63) is 0 Å². The monoisotopic (exact) mass is 287 g/mol. The minimum atomic E-state index is 0.414. The van der Waals surface area contributed by atoms with Gasteiger partial charge in [0.05, 0.1) is 0 Å². The number of halogens is 1. The van der Waals surface area contributed by atoms with Gasteiger partial charge in [0.15, 0.2) is 0 Å². The SMILES string of the molecule is O=C(CC1CCCC1)N1CCCC(CBr)C1. The fraction of sp³-hybridized carbons (Fsp3) is 0.923. The normalized spacial score (nSPS) is 27.3. The van der Waals surface area contributed by atoms with E-state index in [-0.39, 0.29) is 0 Å². The number of hydrogen-bond donors (Lipinski definition) is 0. The molecule has 1 atom stereocenters. The number of likely N-dealkylation sites (tertiary alicyclic amines) is 1. The molecule has 1 aliphatic carbocycles. The highest BCUT2D eigenvalue weighted by Crippen LogP contribution is 2.29. The Morgan fingerprint density at radius 3 is 2.50 bits per heavy atom.